The van der Waals surface area contributed by atoms with Crippen molar-refractivity contribution in [1.82, 2.24) is 19.4 Å². The molecule has 0 radical (unpaired) electrons. The van der Waals surface area contributed by atoms with Crippen molar-refractivity contribution in [3.8, 4) is 0 Å². The molecule has 11 nitrogen and oxygen atoms in total. The highest BCUT2D eigenvalue weighted by Crippen LogP contribution is 2.36. The van der Waals surface area contributed by atoms with E-state index in [9.17, 15) is 39.6 Å². The molecule has 2 aromatic carbocycles. The maximum absolute atomic E-state index is 13.6. The lowest BCUT2D eigenvalue weighted by molar-refractivity contribution is -0.139. The zero-order valence-corrected chi connectivity index (χ0v) is 21.7. The summed E-state index contributed by atoms with van der Waals surface area (Å²) < 4.78 is 94.4. The van der Waals surface area contributed by atoms with Crippen LogP contribution < -0.4 is 4.72 Å². The second kappa shape index (κ2) is 11.2. The first-order valence-corrected chi connectivity index (χ1v) is 14.1. The second-order valence-electron chi connectivity index (χ2n) is 8.33. The summed E-state index contributed by atoms with van der Waals surface area (Å²) in [5.41, 5.74) is -1.54. The normalized spacial score (nSPS) is 14.8. The fourth-order valence-corrected chi connectivity index (χ4v) is 6.37. The van der Waals surface area contributed by atoms with Crippen molar-refractivity contribution in [2.75, 3.05) is 46.3 Å². The van der Waals surface area contributed by atoms with Gasteiger partial charge in [0.05, 0.1) is 20.2 Å². The largest absolute Gasteiger partial charge is 0.465 e. The van der Waals surface area contributed by atoms with Gasteiger partial charge in [0.15, 0.2) is 0 Å². The van der Waals surface area contributed by atoms with Crippen LogP contribution in [0.1, 0.15) is 5.56 Å². The van der Waals surface area contributed by atoms with Gasteiger partial charge in [-0.15, -0.1) is 0 Å². The van der Waals surface area contributed by atoms with Crippen molar-refractivity contribution in [2.45, 2.75) is 20.9 Å². The van der Waals surface area contributed by atoms with Crippen LogP contribution in [0.4, 0.5) is 22.8 Å². The molecule has 3 amide bonds. The standard InChI is InChI=1S/C22H25F3N4O7S2/c1-27(20(30)28-11-13-29(14-12-28)21(31)32)10-9-26-38(35,36)19-15-17(7-8-18(19)22(23,24)25)37(33,34)16-5-3-2-4-6-16/h2-8,15,26H,9-14H2,1H3,(H,31,32). The molecule has 16 heteroatoms. The Balaban J connectivity index is 1.76. The van der Waals surface area contributed by atoms with E-state index in [4.69, 9.17) is 5.11 Å². The number of piperazine rings is 1. The number of carbonyl (C=O) groups excluding carboxylic acids is 1. The molecule has 0 bridgehead atoms. The lowest BCUT2D eigenvalue weighted by Gasteiger charge is -2.35. The molecule has 0 aromatic heterocycles. The van der Waals surface area contributed by atoms with Gasteiger partial charge in [0, 0.05) is 46.3 Å². The van der Waals surface area contributed by atoms with E-state index in [1.165, 1.54) is 36.2 Å². The molecular weight excluding hydrogens is 553 g/mol. The Bertz CT molecular complexity index is 1390. The fraction of sp³-hybridized carbons (Fsp3) is 0.364. The van der Waals surface area contributed by atoms with Crippen molar-refractivity contribution in [2.24, 2.45) is 0 Å². The third-order valence-corrected chi connectivity index (χ3v) is 9.07. The molecule has 0 aliphatic carbocycles. The van der Waals surface area contributed by atoms with Gasteiger partial charge in [-0.1, -0.05) is 18.2 Å². The molecule has 0 spiro atoms. The van der Waals surface area contributed by atoms with Crippen LogP contribution in [0, 0.1) is 0 Å². The van der Waals surface area contributed by atoms with Gasteiger partial charge < -0.3 is 19.8 Å². The Hall–Kier alpha value is -3.37. The molecule has 38 heavy (non-hydrogen) atoms. The lowest BCUT2D eigenvalue weighted by atomic mass is 10.2. The van der Waals surface area contributed by atoms with Gasteiger partial charge in [0.2, 0.25) is 19.9 Å². The Morgan fingerprint density at radius 2 is 1.53 bits per heavy atom. The smallest absolute Gasteiger partial charge is 0.417 e. The molecule has 1 aliphatic rings. The van der Waals surface area contributed by atoms with Gasteiger partial charge in [-0.05, 0) is 30.3 Å². The number of carbonyl (C=O) groups is 2. The van der Waals surface area contributed by atoms with Gasteiger partial charge in [-0.2, -0.15) is 13.2 Å². The minimum Gasteiger partial charge on any atom is -0.465 e. The van der Waals surface area contributed by atoms with Crippen LogP contribution in [-0.2, 0) is 26.0 Å². The zero-order valence-electron chi connectivity index (χ0n) is 20.1. The summed E-state index contributed by atoms with van der Waals surface area (Å²) in [4.78, 5) is 25.1. The van der Waals surface area contributed by atoms with Crippen LogP contribution in [0.25, 0.3) is 0 Å². The third-order valence-electron chi connectivity index (χ3n) is 5.80. The second-order valence-corrected chi connectivity index (χ2v) is 12.0. The first-order valence-electron chi connectivity index (χ1n) is 11.1. The number of alkyl halides is 3. The van der Waals surface area contributed by atoms with Gasteiger partial charge in [-0.3, -0.25) is 0 Å². The highest BCUT2D eigenvalue weighted by atomic mass is 32.2. The monoisotopic (exact) mass is 578 g/mol. The van der Waals surface area contributed by atoms with E-state index >= 15 is 0 Å². The maximum atomic E-state index is 13.6. The predicted octanol–water partition coefficient (Wildman–Crippen LogP) is 2.16. The first kappa shape index (κ1) is 29.2. The van der Waals surface area contributed by atoms with E-state index in [0.717, 1.165) is 9.80 Å². The lowest BCUT2D eigenvalue weighted by Crippen LogP contribution is -2.53. The minimum atomic E-state index is -5.09. The Labute approximate surface area is 217 Å². The molecule has 3 rings (SSSR count). The van der Waals surface area contributed by atoms with Gasteiger partial charge in [-0.25, -0.2) is 31.1 Å². The van der Waals surface area contributed by atoms with Crippen LogP contribution in [0.3, 0.4) is 0 Å². The Kier molecular flexibility index (Phi) is 8.58. The highest BCUT2D eigenvalue weighted by molar-refractivity contribution is 7.91. The molecule has 1 aliphatic heterocycles. The van der Waals surface area contributed by atoms with Crippen molar-refractivity contribution >= 4 is 32.0 Å². The number of hydrogen-bond acceptors (Lipinski definition) is 6. The third kappa shape index (κ3) is 6.54. The number of nitrogens with zero attached hydrogens (tertiary/aromatic N) is 3. The van der Waals surface area contributed by atoms with Crippen molar-refractivity contribution < 1.29 is 44.7 Å². The zero-order chi connectivity index (χ0) is 28.3. The minimum absolute atomic E-state index is 0.101. The predicted molar refractivity (Wildman–Crippen MR) is 128 cm³/mol. The summed E-state index contributed by atoms with van der Waals surface area (Å²) in [6.45, 7) is -0.237. The first-order chi connectivity index (χ1) is 17.6. The number of sulfone groups is 1. The van der Waals surface area contributed by atoms with E-state index in [-0.39, 0.29) is 37.6 Å². The number of sulfonamides is 1. The van der Waals surface area contributed by atoms with E-state index in [1.54, 1.807) is 6.07 Å². The Morgan fingerprint density at radius 3 is 2.08 bits per heavy atom. The number of nitrogens with one attached hydrogen (secondary N) is 1. The number of amides is 3. The number of carboxylic acid groups (broad SMARTS) is 1. The summed E-state index contributed by atoms with van der Waals surface area (Å²) in [6.07, 6.45) is -6.21. The van der Waals surface area contributed by atoms with Gasteiger partial charge in [0.25, 0.3) is 0 Å². The van der Waals surface area contributed by atoms with E-state index < -0.39 is 60.1 Å². The van der Waals surface area contributed by atoms with E-state index in [0.29, 0.717) is 18.2 Å². The highest BCUT2D eigenvalue weighted by Gasteiger charge is 2.38. The molecule has 0 saturated carbocycles. The van der Waals surface area contributed by atoms with Crippen molar-refractivity contribution in [3.63, 3.8) is 0 Å². The number of rotatable bonds is 7. The molecule has 208 valence electrons. The number of likely N-dealkylation sites (N-methyl/N-ethyl adjacent to an activating group) is 1. The fourth-order valence-electron chi connectivity index (χ4n) is 3.71. The molecule has 1 saturated heterocycles. The molecule has 1 fully saturated rings. The number of urea groups is 1. The summed E-state index contributed by atoms with van der Waals surface area (Å²) in [5.74, 6) is 0. The summed E-state index contributed by atoms with van der Waals surface area (Å²) in [5, 5.41) is 8.99. The maximum Gasteiger partial charge on any atom is 0.417 e. The van der Waals surface area contributed by atoms with Crippen LogP contribution in [0.15, 0.2) is 63.2 Å². The SMILES string of the molecule is CN(CCNS(=O)(=O)c1cc(S(=O)(=O)c2ccccc2)ccc1C(F)(F)F)C(=O)N1CCN(C(=O)O)CC1. The Morgan fingerprint density at radius 1 is 0.947 bits per heavy atom. The van der Waals surface area contributed by atoms with Crippen molar-refractivity contribution in [1.29, 1.82) is 0 Å². The molecule has 0 atom stereocenters. The molecule has 1 heterocycles. The average Bonchev–Trinajstić information content (AvgIpc) is 2.87. The van der Waals surface area contributed by atoms with Gasteiger partial charge >= 0.3 is 18.3 Å². The van der Waals surface area contributed by atoms with Crippen LogP contribution in [-0.4, -0.2) is 95.1 Å². The number of halogens is 3. The summed E-state index contributed by atoms with van der Waals surface area (Å²) in [6, 6.07) is 7.88. The average molecular weight is 579 g/mol. The summed E-state index contributed by atoms with van der Waals surface area (Å²) >= 11 is 0. The van der Waals surface area contributed by atoms with Gasteiger partial charge in [0.1, 0.15) is 0 Å². The topological polar surface area (TPSA) is 144 Å². The number of benzene rings is 2. The van der Waals surface area contributed by atoms with Crippen LogP contribution >= 0.6 is 0 Å². The van der Waals surface area contributed by atoms with Crippen molar-refractivity contribution in [3.05, 3.63) is 54.1 Å². The van der Waals surface area contributed by atoms with Crippen LogP contribution in [0.2, 0.25) is 0 Å². The molecule has 2 N–H and O–H groups in total. The van der Waals surface area contributed by atoms with E-state index in [1.807, 2.05) is 4.72 Å². The quantitative estimate of drug-likeness (QED) is 0.512. The van der Waals surface area contributed by atoms with Crippen LogP contribution in [0.5, 0.6) is 0 Å². The molecular formula is C22H25F3N4O7S2. The molecule has 2 aromatic rings. The summed E-state index contributed by atoms with van der Waals surface area (Å²) in [7, 11) is -7.81. The van der Waals surface area contributed by atoms with E-state index in [2.05, 4.69) is 0 Å². The molecule has 0 unspecified atom stereocenters. The number of hydrogen-bond donors (Lipinski definition) is 2.